The fourth-order valence-corrected chi connectivity index (χ4v) is 2.59. The van der Waals surface area contributed by atoms with E-state index in [1.165, 1.54) is 6.92 Å². The van der Waals surface area contributed by atoms with Crippen LogP contribution >= 0.6 is 11.8 Å². The van der Waals surface area contributed by atoms with Crippen LogP contribution in [0.2, 0.25) is 0 Å². The second-order valence-corrected chi connectivity index (χ2v) is 5.83. The first-order valence-electron chi connectivity index (χ1n) is 6.22. The van der Waals surface area contributed by atoms with E-state index in [1.807, 2.05) is 0 Å². The van der Waals surface area contributed by atoms with Crippen molar-refractivity contribution in [1.82, 2.24) is 10.2 Å². The van der Waals surface area contributed by atoms with Gasteiger partial charge in [0.2, 0.25) is 0 Å². The Morgan fingerprint density at radius 3 is 2.95 bits per heavy atom. The van der Waals surface area contributed by atoms with E-state index in [4.69, 9.17) is 5.73 Å². The van der Waals surface area contributed by atoms with Crippen molar-refractivity contribution in [2.75, 3.05) is 11.5 Å². The zero-order valence-electron chi connectivity index (χ0n) is 11.0. The molecule has 2 rings (SSSR count). The number of H-pyrrole nitrogens is 1. The molecule has 108 valence electrons. The van der Waals surface area contributed by atoms with Crippen LogP contribution in [-0.4, -0.2) is 37.4 Å². The Morgan fingerprint density at radius 2 is 2.25 bits per heavy atom. The number of thioether (sulfide) groups is 1. The third-order valence-corrected chi connectivity index (χ3v) is 3.89. The molecule has 6 nitrogen and oxygen atoms in total. The third kappa shape index (κ3) is 3.30. The maximum absolute atomic E-state index is 10.8. The summed E-state index contributed by atoms with van der Waals surface area (Å²) in [6.45, 7) is 1.48. The van der Waals surface area contributed by atoms with Gasteiger partial charge in [0, 0.05) is 18.1 Å². The second-order valence-electron chi connectivity index (χ2n) is 4.55. The number of carbonyl (C=O) groups is 1. The van der Waals surface area contributed by atoms with Gasteiger partial charge in [-0.3, -0.25) is 9.89 Å². The molecule has 0 aliphatic heterocycles. The molecule has 0 aliphatic rings. The van der Waals surface area contributed by atoms with Gasteiger partial charge in [0.05, 0.1) is 11.6 Å². The normalized spacial score (nSPS) is 14.3. The molecule has 0 radical (unpaired) electrons. The van der Waals surface area contributed by atoms with Crippen molar-refractivity contribution < 1.29 is 15.0 Å². The number of anilines is 1. The first kappa shape index (κ1) is 14.8. The molecule has 1 aromatic heterocycles. The van der Waals surface area contributed by atoms with Gasteiger partial charge in [-0.2, -0.15) is 5.10 Å². The summed E-state index contributed by atoms with van der Waals surface area (Å²) < 4.78 is 0. The maximum atomic E-state index is 10.8. The summed E-state index contributed by atoms with van der Waals surface area (Å²) in [5, 5.41) is 27.5. The molecule has 7 heteroatoms. The predicted molar refractivity (Wildman–Crippen MR) is 79.2 cm³/mol. The number of carbonyl (C=O) groups excluding carboxylic acids is 1. The van der Waals surface area contributed by atoms with E-state index in [-0.39, 0.29) is 5.12 Å². The van der Waals surface area contributed by atoms with Crippen molar-refractivity contribution in [1.29, 1.82) is 0 Å². The second kappa shape index (κ2) is 6.25. The fraction of sp³-hybridized carbons (Fsp3) is 0.385. The van der Waals surface area contributed by atoms with Gasteiger partial charge in [0.25, 0.3) is 0 Å². The molecule has 0 saturated heterocycles. The minimum Gasteiger partial charge on any atom is -0.390 e. The highest BCUT2D eigenvalue weighted by Gasteiger charge is 2.19. The van der Waals surface area contributed by atoms with Crippen molar-refractivity contribution in [3.63, 3.8) is 0 Å². The van der Waals surface area contributed by atoms with Gasteiger partial charge in [0.15, 0.2) is 10.9 Å². The number of aromatic amines is 1. The Morgan fingerprint density at radius 1 is 1.50 bits per heavy atom. The number of aromatic nitrogens is 2. The number of benzene rings is 1. The zero-order chi connectivity index (χ0) is 14.7. The van der Waals surface area contributed by atoms with Crippen LogP contribution in [0, 0.1) is 0 Å². The SMILES string of the molecule is CC(=O)SCCC(O)C(O)c1ccc2c(N)n[nH]c2c1. The van der Waals surface area contributed by atoms with E-state index in [0.29, 0.717) is 29.1 Å². The van der Waals surface area contributed by atoms with Crippen molar-refractivity contribution in [3.8, 4) is 0 Å². The summed E-state index contributed by atoms with van der Waals surface area (Å²) >= 11 is 1.14. The third-order valence-electron chi connectivity index (χ3n) is 3.04. The monoisotopic (exact) mass is 295 g/mol. The van der Waals surface area contributed by atoms with Crippen molar-refractivity contribution in [3.05, 3.63) is 23.8 Å². The van der Waals surface area contributed by atoms with Crippen LogP contribution < -0.4 is 5.73 Å². The maximum Gasteiger partial charge on any atom is 0.185 e. The number of hydrogen-bond donors (Lipinski definition) is 4. The Kier molecular flexibility index (Phi) is 4.64. The summed E-state index contributed by atoms with van der Waals surface area (Å²) in [6, 6.07) is 5.18. The summed E-state index contributed by atoms with van der Waals surface area (Å²) in [4.78, 5) is 10.8. The molecule has 0 amide bonds. The number of fused-ring (bicyclic) bond motifs is 1. The van der Waals surface area contributed by atoms with E-state index < -0.39 is 12.2 Å². The lowest BCUT2D eigenvalue weighted by Gasteiger charge is -2.17. The van der Waals surface area contributed by atoms with Crippen LogP contribution in [0.15, 0.2) is 18.2 Å². The van der Waals surface area contributed by atoms with E-state index in [9.17, 15) is 15.0 Å². The molecule has 0 saturated carbocycles. The van der Waals surface area contributed by atoms with Crippen molar-refractivity contribution in [2.24, 2.45) is 0 Å². The van der Waals surface area contributed by atoms with Crippen LogP contribution in [0.1, 0.15) is 25.0 Å². The highest BCUT2D eigenvalue weighted by molar-refractivity contribution is 8.13. The summed E-state index contributed by atoms with van der Waals surface area (Å²) in [7, 11) is 0. The minimum absolute atomic E-state index is 0.000967. The van der Waals surface area contributed by atoms with Gasteiger partial charge in [-0.1, -0.05) is 17.8 Å². The van der Waals surface area contributed by atoms with Gasteiger partial charge in [0.1, 0.15) is 6.10 Å². The minimum atomic E-state index is -1.00. The van der Waals surface area contributed by atoms with Gasteiger partial charge in [-0.25, -0.2) is 0 Å². The molecule has 0 spiro atoms. The number of aliphatic hydroxyl groups excluding tert-OH is 2. The van der Waals surface area contributed by atoms with Gasteiger partial charge in [-0.05, 0) is 24.1 Å². The summed E-state index contributed by atoms with van der Waals surface area (Å²) in [5.74, 6) is 0.881. The molecule has 0 aliphatic carbocycles. The van der Waals surface area contributed by atoms with Gasteiger partial charge in [-0.15, -0.1) is 0 Å². The average molecular weight is 295 g/mol. The Hall–Kier alpha value is -1.57. The highest BCUT2D eigenvalue weighted by Crippen LogP contribution is 2.25. The lowest BCUT2D eigenvalue weighted by Crippen LogP contribution is -2.19. The van der Waals surface area contributed by atoms with Gasteiger partial charge < -0.3 is 15.9 Å². The smallest absolute Gasteiger partial charge is 0.185 e. The fourth-order valence-electron chi connectivity index (χ4n) is 1.95. The molecular weight excluding hydrogens is 278 g/mol. The molecule has 0 fully saturated rings. The predicted octanol–water partition coefficient (Wildman–Crippen LogP) is 1.21. The Balaban J connectivity index is 2.06. The van der Waals surface area contributed by atoms with Crippen LogP contribution in [-0.2, 0) is 4.79 Å². The highest BCUT2D eigenvalue weighted by atomic mass is 32.2. The van der Waals surface area contributed by atoms with Crippen LogP contribution in [0.25, 0.3) is 10.9 Å². The molecule has 2 aromatic rings. The zero-order valence-corrected chi connectivity index (χ0v) is 11.9. The molecular formula is C13H17N3O3S. The molecule has 5 N–H and O–H groups in total. The summed E-state index contributed by atoms with van der Waals surface area (Å²) in [6.07, 6.45) is -1.58. The molecule has 1 heterocycles. The van der Waals surface area contributed by atoms with Crippen molar-refractivity contribution in [2.45, 2.75) is 25.6 Å². The molecule has 0 bridgehead atoms. The Labute approximate surface area is 120 Å². The van der Waals surface area contributed by atoms with Crippen molar-refractivity contribution >= 4 is 33.6 Å². The van der Waals surface area contributed by atoms with E-state index in [0.717, 1.165) is 17.1 Å². The van der Waals surface area contributed by atoms with E-state index in [1.54, 1.807) is 18.2 Å². The van der Waals surface area contributed by atoms with Crippen LogP contribution in [0.5, 0.6) is 0 Å². The van der Waals surface area contributed by atoms with Gasteiger partial charge >= 0.3 is 0 Å². The quantitative estimate of drug-likeness (QED) is 0.659. The lowest BCUT2D eigenvalue weighted by molar-refractivity contribution is -0.109. The number of nitrogens with zero attached hydrogens (tertiary/aromatic N) is 1. The van der Waals surface area contributed by atoms with E-state index >= 15 is 0 Å². The number of nitrogens with two attached hydrogens (primary N) is 1. The summed E-state index contributed by atoms with van der Waals surface area (Å²) in [5.41, 5.74) is 6.96. The first-order chi connectivity index (χ1) is 9.49. The van der Waals surface area contributed by atoms with Crippen LogP contribution in [0.4, 0.5) is 5.82 Å². The molecule has 20 heavy (non-hydrogen) atoms. The number of rotatable bonds is 5. The molecule has 2 unspecified atom stereocenters. The topological polar surface area (TPSA) is 112 Å². The Bertz CT molecular complexity index is 614. The molecule has 1 aromatic carbocycles. The number of nitrogen functional groups attached to an aromatic ring is 1. The number of hydrogen-bond acceptors (Lipinski definition) is 6. The molecule has 2 atom stereocenters. The number of nitrogens with one attached hydrogen (secondary N) is 1. The standard InChI is InChI=1S/C13H17N3O3S/c1-7(17)20-5-4-11(18)12(19)8-2-3-9-10(6-8)15-16-13(9)14/h2-3,6,11-12,18-19H,4-5H2,1H3,(H3,14,15,16). The lowest BCUT2D eigenvalue weighted by atomic mass is 10.0. The largest absolute Gasteiger partial charge is 0.390 e. The number of aliphatic hydroxyl groups is 2. The van der Waals surface area contributed by atoms with E-state index in [2.05, 4.69) is 10.2 Å². The van der Waals surface area contributed by atoms with Crippen LogP contribution in [0.3, 0.4) is 0 Å². The average Bonchev–Trinajstić information content (AvgIpc) is 2.78. The first-order valence-corrected chi connectivity index (χ1v) is 7.20.